The number of hydrogen-bond donors (Lipinski definition) is 2. The number of hydrogen-bond acceptors (Lipinski definition) is 4. The Hall–Kier alpha value is -2.69. The molecule has 25 heavy (non-hydrogen) atoms. The van der Waals surface area contributed by atoms with Crippen LogP contribution >= 0.6 is 0 Å². The summed E-state index contributed by atoms with van der Waals surface area (Å²) in [4.78, 5) is 11.8. The summed E-state index contributed by atoms with van der Waals surface area (Å²) in [6.07, 6.45) is 0. The summed E-state index contributed by atoms with van der Waals surface area (Å²) in [5.74, 6) is -0.318. The molecule has 2 N–H and O–H groups in total. The van der Waals surface area contributed by atoms with Crippen molar-refractivity contribution in [2.45, 2.75) is 17.7 Å². The van der Waals surface area contributed by atoms with Crippen molar-refractivity contribution in [3.05, 3.63) is 65.7 Å². The maximum absolute atomic E-state index is 12.2. The average molecular weight is 357 g/mol. The first-order valence-electron chi connectivity index (χ1n) is 7.74. The van der Waals surface area contributed by atoms with Crippen LogP contribution < -0.4 is 10.0 Å². The number of carbonyl (C=O) groups excluding carboxylic acids is 1. The van der Waals surface area contributed by atoms with E-state index >= 15 is 0 Å². The van der Waals surface area contributed by atoms with Gasteiger partial charge in [0.15, 0.2) is 0 Å². The molecular weight excluding hydrogens is 338 g/mol. The van der Waals surface area contributed by atoms with Crippen LogP contribution in [0.15, 0.2) is 59.5 Å². The molecule has 0 unspecified atom stereocenters. The van der Waals surface area contributed by atoms with Gasteiger partial charge in [-0.15, -0.1) is 0 Å². The van der Waals surface area contributed by atoms with Crippen molar-refractivity contribution in [2.24, 2.45) is 0 Å². The van der Waals surface area contributed by atoms with Crippen LogP contribution in [-0.2, 0) is 14.8 Å². The Kier molecular flexibility index (Phi) is 6.28. The number of rotatable bonds is 7. The van der Waals surface area contributed by atoms with Crippen molar-refractivity contribution in [1.29, 1.82) is 5.26 Å². The lowest BCUT2D eigenvalue weighted by atomic mass is 10.0. The summed E-state index contributed by atoms with van der Waals surface area (Å²) in [5, 5.41) is 11.7. The summed E-state index contributed by atoms with van der Waals surface area (Å²) in [5.41, 5.74) is 1.12. The molecule has 0 aliphatic heterocycles. The van der Waals surface area contributed by atoms with E-state index < -0.39 is 15.9 Å². The number of amides is 1. The van der Waals surface area contributed by atoms with E-state index in [0.717, 1.165) is 5.56 Å². The predicted molar refractivity (Wildman–Crippen MR) is 94.2 cm³/mol. The molecule has 0 saturated heterocycles. The molecule has 0 saturated carbocycles. The Morgan fingerprint density at radius 3 is 2.44 bits per heavy atom. The van der Waals surface area contributed by atoms with Crippen LogP contribution in [0.2, 0.25) is 0 Å². The minimum Gasteiger partial charge on any atom is -0.354 e. The largest absolute Gasteiger partial charge is 0.354 e. The van der Waals surface area contributed by atoms with Gasteiger partial charge in [-0.05, 0) is 23.6 Å². The minimum absolute atomic E-state index is 0.0353. The molecule has 7 heteroatoms. The van der Waals surface area contributed by atoms with Crippen molar-refractivity contribution in [2.75, 3.05) is 13.1 Å². The van der Waals surface area contributed by atoms with E-state index in [9.17, 15) is 13.2 Å². The van der Waals surface area contributed by atoms with Crippen molar-refractivity contribution in [3.8, 4) is 6.07 Å². The lowest BCUT2D eigenvalue weighted by Gasteiger charge is -2.13. The SMILES string of the molecule is C[C@@H](CNC(=O)CNS(=O)(=O)c1ccccc1C#N)c1ccccc1. The summed E-state index contributed by atoms with van der Waals surface area (Å²) < 4.78 is 26.7. The van der Waals surface area contributed by atoms with Crippen LogP contribution in [0.1, 0.15) is 24.0 Å². The van der Waals surface area contributed by atoms with Crippen LogP contribution in [0.3, 0.4) is 0 Å². The summed E-state index contributed by atoms with van der Waals surface area (Å²) >= 11 is 0. The van der Waals surface area contributed by atoms with E-state index in [0.29, 0.717) is 6.54 Å². The quantitative estimate of drug-likeness (QED) is 0.789. The highest BCUT2D eigenvalue weighted by molar-refractivity contribution is 7.89. The molecule has 0 heterocycles. The van der Waals surface area contributed by atoms with E-state index in [1.54, 1.807) is 6.07 Å². The van der Waals surface area contributed by atoms with Gasteiger partial charge in [-0.1, -0.05) is 49.4 Å². The number of nitrogens with zero attached hydrogens (tertiary/aromatic N) is 1. The third-order valence-corrected chi connectivity index (χ3v) is 5.15. The lowest BCUT2D eigenvalue weighted by Crippen LogP contribution is -2.38. The van der Waals surface area contributed by atoms with Gasteiger partial charge in [0.25, 0.3) is 0 Å². The first-order chi connectivity index (χ1) is 11.9. The zero-order valence-corrected chi connectivity index (χ0v) is 14.6. The Morgan fingerprint density at radius 1 is 1.12 bits per heavy atom. The fourth-order valence-corrected chi connectivity index (χ4v) is 3.40. The zero-order valence-electron chi connectivity index (χ0n) is 13.8. The Bertz CT molecular complexity index is 874. The van der Waals surface area contributed by atoms with Gasteiger partial charge in [0.1, 0.15) is 6.07 Å². The van der Waals surface area contributed by atoms with E-state index in [1.807, 2.05) is 43.3 Å². The molecular formula is C18H19N3O3S. The average Bonchev–Trinajstić information content (AvgIpc) is 2.65. The third kappa shape index (κ3) is 5.14. The van der Waals surface area contributed by atoms with E-state index in [2.05, 4.69) is 10.0 Å². The first kappa shape index (κ1) is 18.6. The van der Waals surface area contributed by atoms with Crippen molar-refractivity contribution in [1.82, 2.24) is 10.0 Å². The standard InChI is InChI=1S/C18H19N3O3S/c1-14(15-7-3-2-4-8-15)12-20-18(22)13-21-25(23,24)17-10-6-5-9-16(17)11-19/h2-10,14,21H,12-13H2,1H3,(H,20,22)/t14-/m0/s1. The molecule has 0 aliphatic carbocycles. The fraction of sp³-hybridized carbons (Fsp3) is 0.222. The van der Waals surface area contributed by atoms with Gasteiger partial charge >= 0.3 is 0 Å². The number of nitriles is 1. The van der Waals surface area contributed by atoms with E-state index in [-0.39, 0.29) is 22.9 Å². The maximum Gasteiger partial charge on any atom is 0.242 e. The molecule has 0 aromatic heterocycles. The monoisotopic (exact) mass is 357 g/mol. The lowest BCUT2D eigenvalue weighted by molar-refractivity contribution is -0.120. The minimum atomic E-state index is -3.92. The second kappa shape index (κ2) is 8.42. The highest BCUT2D eigenvalue weighted by atomic mass is 32.2. The molecule has 2 aromatic rings. The molecule has 6 nitrogen and oxygen atoms in total. The maximum atomic E-state index is 12.2. The van der Waals surface area contributed by atoms with Gasteiger partial charge in [0, 0.05) is 6.54 Å². The van der Waals surface area contributed by atoms with Crippen molar-refractivity contribution >= 4 is 15.9 Å². The molecule has 130 valence electrons. The van der Waals surface area contributed by atoms with Crippen LogP contribution in [0, 0.1) is 11.3 Å². The highest BCUT2D eigenvalue weighted by Gasteiger charge is 2.19. The van der Waals surface area contributed by atoms with Gasteiger partial charge in [0.2, 0.25) is 15.9 Å². The summed E-state index contributed by atoms with van der Waals surface area (Å²) in [6.45, 7) is 1.99. The van der Waals surface area contributed by atoms with Crippen LogP contribution in [0.5, 0.6) is 0 Å². The molecule has 0 fully saturated rings. The third-order valence-electron chi connectivity index (χ3n) is 3.69. The molecule has 0 spiro atoms. The van der Waals surface area contributed by atoms with Crippen LogP contribution in [0.25, 0.3) is 0 Å². The summed E-state index contributed by atoms with van der Waals surface area (Å²) in [7, 11) is -3.92. The Balaban J connectivity index is 1.90. The van der Waals surface area contributed by atoms with Gasteiger partial charge in [-0.2, -0.15) is 5.26 Å². The van der Waals surface area contributed by atoms with Crippen molar-refractivity contribution < 1.29 is 13.2 Å². The number of benzene rings is 2. The molecule has 2 rings (SSSR count). The van der Waals surface area contributed by atoms with Gasteiger partial charge < -0.3 is 5.32 Å². The Labute approximate surface area is 147 Å². The second-order valence-electron chi connectivity index (χ2n) is 5.55. The molecule has 1 atom stereocenters. The first-order valence-corrected chi connectivity index (χ1v) is 9.23. The Morgan fingerprint density at radius 2 is 1.76 bits per heavy atom. The smallest absolute Gasteiger partial charge is 0.242 e. The molecule has 0 bridgehead atoms. The molecule has 0 radical (unpaired) electrons. The summed E-state index contributed by atoms with van der Waals surface area (Å²) in [6, 6.07) is 17.4. The van der Waals surface area contributed by atoms with Crippen LogP contribution in [-0.4, -0.2) is 27.4 Å². The van der Waals surface area contributed by atoms with Crippen molar-refractivity contribution in [3.63, 3.8) is 0 Å². The van der Waals surface area contributed by atoms with Gasteiger partial charge in [-0.3, -0.25) is 4.79 Å². The molecule has 2 aromatic carbocycles. The predicted octanol–water partition coefficient (Wildman–Crippen LogP) is 1.76. The fourth-order valence-electron chi connectivity index (χ4n) is 2.26. The van der Waals surface area contributed by atoms with Crippen LogP contribution in [0.4, 0.5) is 0 Å². The zero-order chi connectivity index (χ0) is 18.3. The number of carbonyl (C=O) groups is 1. The van der Waals surface area contributed by atoms with Gasteiger partial charge in [0.05, 0.1) is 17.0 Å². The molecule has 0 aliphatic rings. The molecule has 1 amide bonds. The highest BCUT2D eigenvalue weighted by Crippen LogP contribution is 2.14. The number of nitrogens with one attached hydrogen (secondary N) is 2. The second-order valence-corrected chi connectivity index (χ2v) is 7.28. The number of sulfonamides is 1. The van der Waals surface area contributed by atoms with E-state index in [4.69, 9.17) is 5.26 Å². The van der Waals surface area contributed by atoms with E-state index in [1.165, 1.54) is 18.2 Å². The van der Waals surface area contributed by atoms with Gasteiger partial charge in [-0.25, -0.2) is 13.1 Å². The normalized spacial score (nSPS) is 12.2. The topological polar surface area (TPSA) is 99.1 Å².